The monoisotopic (exact) mass is 402 g/mol. The lowest BCUT2D eigenvalue weighted by atomic mass is 9.86. The Balaban J connectivity index is 0.00000220. The quantitative estimate of drug-likeness (QED) is 0.294. The van der Waals surface area contributed by atoms with Gasteiger partial charge in [0.25, 0.3) is 5.91 Å². The van der Waals surface area contributed by atoms with Gasteiger partial charge in [0.2, 0.25) is 0 Å². The molecule has 0 aliphatic heterocycles. The Kier molecular flexibility index (Phi) is 8.11. The maximum atomic E-state index is 11.8. The molecule has 0 aromatic heterocycles. The van der Waals surface area contributed by atoms with Crippen molar-refractivity contribution in [3.8, 4) is 0 Å². The third kappa shape index (κ3) is 6.33. The molecule has 1 aromatic carbocycles. The molecule has 1 fully saturated rings. The molecule has 116 valence electrons. The van der Waals surface area contributed by atoms with Crippen molar-refractivity contribution in [3.05, 3.63) is 35.9 Å². The Labute approximate surface area is 142 Å². The first-order chi connectivity index (χ1) is 9.75. The van der Waals surface area contributed by atoms with Gasteiger partial charge in [-0.05, 0) is 30.9 Å². The number of carbonyl (C=O) groups is 1. The average Bonchev–Trinajstić information content (AvgIpc) is 2.42. The second kappa shape index (κ2) is 9.59. The van der Waals surface area contributed by atoms with Crippen LogP contribution in [-0.2, 0) is 0 Å². The molecule has 0 bridgehead atoms. The maximum Gasteiger partial charge on any atom is 0.251 e. The summed E-state index contributed by atoms with van der Waals surface area (Å²) in [6.07, 6.45) is 3.85. The molecule has 21 heavy (non-hydrogen) atoms. The van der Waals surface area contributed by atoms with Crippen LogP contribution in [0.3, 0.4) is 0 Å². The second-order valence-corrected chi connectivity index (χ2v) is 5.07. The van der Waals surface area contributed by atoms with Crippen molar-refractivity contribution in [3.63, 3.8) is 0 Å². The number of rotatable bonds is 6. The normalized spacial score (nSPS) is 14.8. The summed E-state index contributed by atoms with van der Waals surface area (Å²) >= 11 is 0. The van der Waals surface area contributed by atoms with E-state index in [4.69, 9.17) is 5.73 Å². The average molecular weight is 402 g/mol. The van der Waals surface area contributed by atoms with Crippen LogP contribution in [0.25, 0.3) is 0 Å². The summed E-state index contributed by atoms with van der Waals surface area (Å²) in [7, 11) is 0. The van der Waals surface area contributed by atoms with Crippen molar-refractivity contribution in [2.75, 3.05) is 19.6 Å². The van der Waals surface area contributed by atoms with E-state index in [0.29, 0.717) is 30.5 Å². The highest BCUT2D eigenvalue weighted by molar-refractivity contribution is 14.0. The van der Waals surface area contributed by atoms with Gasteiger partial charge in [-0.15, -0.1) is 24.0 Å². The number of carbonyl (C=O) groups excluding carboxylic acids is 1. The zero-order chi connectivity index (χ0) is 14.2. The van der Waals surface area contributed by atoms with E-state index in [0.717, 1.165) is 6.54 Å². The molecule has 2 rings (SSSR count). The second-order valence-electron chi connectivity index (χ2n) is 5.07. The van der Waals surface area contributed by atoms with Gasteiger partial charge in [-0.2, -0.15) is 0 Å². The van der Waals surface area contributed by atoms with Crippen LogP contribution in [0.4, 0.5) is 0 Å². The molecule has 0 heterocycles. The van der Waals surface area contributed by atoms with Gasteiger partial charge in [-0.25, -0.2) is 0 Å². The highest BCUT2D eigenvalue weighted by Crippen LogP contribution is 2.26. The van der Waals surface area contributed by atoms with E-state index in [1.807, 2.05) is 18.2 Å². The highest BCUT2D eigenvalue weighted by atomic mass is 127. The molecule has 5 nitrogen and oxygen atoms in total. The van der Waals surface area contributed by atoms with Gasteiger partial charge in [-0.3, -0.25) is 9.79 Å². The molecule has 0 spiro atoms. The summed E-state index contributed by atoms with van der Waals surface area (Å²) in [6.45, 7) is 1.92. The van der Waals surface area contributed by atoms with Crippen molar-refractivity contribution in [1.29, 1.82) is 0 Å². The number of benzene rings is 1. The molecule has 0 saturated heterocycles. The van der Waals surface area contributed by atoms with Gasteiger partial charge in [0.05, 0.1) is 0 Å². The van der Waals surface area contributed by atoms with Gasteiger partial charge in [0.1, 0.15) is 0 Å². The first-order valence-electron chi connectivity index (χ1n) is 7.13. The van der Waals surface area contributed by atoms with E-state index in [2.05, 4.69) is 15.6 Å². The number of nitrogens with two attached hydrogens (primary N) is 1. The van der Waals surface area contributed by atoms with E-state index in [9.17, 15) is 4.79 Å². The molecular weight excluding hydrogens is 379 g/mol. The zero-order valence-corrected chi connectivity index (χ0v) is 14.4. The number of nitrogens with one attached hydrogen (secondary N) is 2. The van der Waals surface area contributed by atoms with Gasteiger partial charge in [0.15, 0.2) is 5.96 Å². The number of hydrogen-bond donors (Lipinski definition) is 3. The Bertz CT molecular complexity index is 460. The highest BCUT2D eigenvalue weighted by Gasteiger charge is 2.16. The molecule has 0 unspecified atom stereocenters. The van der Waals surface area contributed by atoms with Crippen molar-refractivity contribution in [2.24, 2.45) is 16.6 Å². The van der Waals surface area contributed by atoms with Crippen molar-refractivity contribution in [2.45, 2.75) is 19.3 Å². The first kappa shape index (κ1) is 17.7. The molecule has 4 N–H and O–H groups in total. The van der Waals surface area contributed by atoms with E-state index < -0.39 is 0 Å². The molecule has 1 aromatic rings. The molecule has 1 aliphatic carbocycles. The Hall–Kier alpha value is -1.31. The summed E-state index contributed by atoms with van der Waals surface area (Å²) in [5.41, 5.74) is 6.42. The zero-order valence-electron chi connectivity index (χ0n) is 12.0. The van der Waals surface area contributed by atoms with Crippen LogP contribution in [0.5, 0.6) is 0 Å². The molecule has 1 aliphatic rings. The largest absolute Gasteiger partial charge is 0.370 e. The topological polar surface area (TPSA) is 79.5 Å². The van der Waals surface area contributed by atoms with Gasteiger partial charge >= 0.3 is 0 Å². The molecular formula is C15H23IN4O. The van der Waals surface area contributed by atoms with Crippen LogP contribution < -0.4 is 16.4 Å². The first-order valence-corrected chi connectivity index (χ1v) is 7.13. The van der Waals surface area contributed by atoms with Crippen LogP contribution in [-0.4, -0.2) is 31.5 Å². The molecule has 6 heteroatoms. The smallest absolute Gasteiger partial charge is 0.251 e. The minimum Gasteiger partial charge on any atom is -0.370 e. The number of hydrogen-bond acceptors (Lipinski definition) is 2. The fraction of sp³-hybridized carbons (Fsp3) is 0.467. The Morgan fingerprint density at radius 2 is 1.86 bits per heavy atom. The van der Waals surface area contributed by atoms with Gasteiger partial charge in [-0.1, -0.05) is 24.6 Å². The van der Waals surface area contributed by atoms with Crippen molar-refractivity contribution >= 4 is 35.8 Å². The van der Waals surface area contributed by atoms with E-state index in [1.54, 1.807) is 12.1 Å². The SMILES string of the molecule is I.NC(=NCC1CCC1)NCCNC(=O)c1ccccc1. The van der Waals surface area contributed by atoms with E-state index >= 15 is 0 Å². The lowest BCUT2D eigenvalue weighted by molar-refractivity contribution is 0.0954. The molecule has 1 amide bonds. The van der Waals surface area contributed by atoms with Gasteiger partial charge in [0, 0.05) is 25.2 Å². The van der Waals surface area contributed by atoms with Crippen molar-refractivity contribution < 1.29 is 4.79 Å². The van der Waals surface area contributed by atoms with E-state index in [-0.39, 0.29) is 29.9 Å². The minimum atomic E-state index is -0.0719. The fourth-order valence-electron chi connectivity index (χ4n) is 2.02. The van der Waals surface area contributed by atoms with Crippen molar-refractivity contribution in [1.82, 2.24) is 10.6 Å². The number of guanidine groups is 1. The summed E-state index contributed by atoms with van der Waals surface area (Å²) < 4.78 is 0. The van der Waals surface area contributed by atoms with Crippen LogP contribution in [0, 0.1) is 5.92 Å². The summed E-state index contributed by atoms with van der Waals surface area (Å²) in [6, 6.07) is 9.16. The lowest BCUT2D eigenvalue weighted by Gasteiger charge is -2.23. The molecule has 0 radical (unpaired) electrons. The third-order valence-electron chi connectivity index (χ3n) is 3.50. The molecule has 1 saturated carbocycles. The molecule has 0 atom stereocenters. The fourth-order valence-corrected chi connectivity index (χ4v) is 2.02. The number of nitrogens with zero attached hydrogens (tertiary/aromatic N) is 1. The summed E-state index contributed by atoms with van der Waals surface area (Å²) in [5, 5.41) is 5.84. The standard InChI is InChI=1S/C15H22N4O.HI/c16-15(19-11-12-5-4-6-12)18-10-9-17-14(20)13-7-2-1-3-8-13;/h1-3,7-8,12H,4-6,9-11H2,(H,17,20)(H3,16,18,19);1H. The minimum absolute atomic E-state index is 0. The predicted molar refractivity (Wildman–Crippen MR) is 96.0 cm³/mol. The van der Waals surface area contributed by atoms with Crippen LogP contribution in [0.15, 0.2) is 35.3 Å². The Morgan fingerprint density at radius 3 is 2.48 bits per heavy atom. The number of halogens is 1. The Morgan fingerprint density at radius 1 is 1.19 bits per heavy atom. The van der Waals surface area contributed by atoms with Crippen LogP contribution in [0.1, 0.15) is 29.6 Å². The van der Waals surface area contributed by atoms with Gasteiger partial charge < -0.3 is 16.4 Å². The van der Waals surface area contributed by atoms with E-state index in [1.165, 1.54) is 19.3 Å². The predicted octanol–water partition coefficient (Wildman–Crippen LogP) is 1.74. The van der Waals surface area contributed by atoms with Crippen LogP contribution >= 0.6 is 24.0 Å². The van der Waals surface area contributed by atoms with Crippen LogP contribution in [0.2, 0.25) is 0 Å². The maximum absolute atomic E-state index is 11.8. The number of aliphatic imine (C=N–C) groups is 1. The number of amides is 1. The lowest BCUT2D eigenvalue weighted by Crippen LogP contribution is -2.38. The third-order valence-corrected chi connectivity index (χ3v) is 3.50. The summed E-state index contributed by atoms with van der Waals surface area (Å²) in [5.74, 6) is 1.11. The summed E-state index contributed by atoms with van der Waals surface area (Å²) in [4.78, 5) is 16.0.